The van der Waals surface area contributed by atoms with Crippen LogP contribution in [0.3, 0.4) is 0 Å². The number of carboxylic acid groups (broad SMARTS) is 1. The summed E-state index contributed by atoms with van der Waals surface area (Å²) >= 11 is 0. The van der Waals surface area contributed by atoms with E-state index in [0.717, 1.165) is 6.42 Å². The number of amides is 2. The van der Waals surface area contributed by atoms with Gasteiger partial charge in [-0.1, -0.05) is 0 Å². The zero-order chi connectivity index (χ0) is 14.8. The fourth-order valence-corrected chi connectivity index (χ4v) is 1.45. The van der Waals surface area contributed by atoms with Crippen LogP contribution in [0, 0.1) is 0 Å². The summed E-state index contributed by atoms with van der Waals surface area (Å²) in [6.07, 6.45) is 2.04. The van der Waals surface area contributed by atoms with Gasteiger partial charge in [-0.05, 0) is 25.5 Å². The zero-order valence-electron chi connectivity index (χ0n) is 11.4. The number of hydrogen-bond donors (Lipinski definition) is 3. The molecule has 20 heavy (non-hydrogen) atoms. The van der Waals surface area contributed by atoms with Crippen LogP contribution in [0.5, 0.6) is 0 Å². The molecule has 0 aliphatic carbocycles. The number of carboxylic acids is 1. The van der Waals surface area contributed by atoms with Gasteiger partial charge in [-0.3, -0.25) is 9.78 Å². The van der Waals surface area contributed by atoms with Crippen molar-refractivity contribution in [3.05, 3.63) is 24.0 Å². The Kier molecular flexibility index (Phi) is 7.05. The third kappa shape index (κ3) is 6.69. The molecule has 1 aromatic rings. The standard InChI is InChI=1S/C13H19N3O4/c1-2-20-7-3-6-14-13(19)16-11-5-4-10(15-9-11)8-12(17)18/h4-5,9H,2-3,6-8H2,1H3,(H,17,18)(H2,14,16,19). The third-order valence-electron chi connectivity index (χ3n) is 2.37. The highest BCUT2D eigenvalue weighted by Crippen LogP contribution is 2.06. The van der Waals surface area contributed by atoms with Crippen molar-refractivity contribution in [3.63, 3.8) is 0 Å². The maximum Gasteiger partial charge on any atom is 0.319 e. The molecule has 0 spiro atoms. The molecule has 0 radical (unpaired) electrons. The second kappa shape index (κ2) is 8.87. The molecule has 0 unspecified atom stereocenters. The van der Waals surface area contributed by atoms with Gasteiger partial charge in [0, 0.05) is 19.8 Å². The lowest BCUT2D eigenvalue weighted by Gasteiger charge is -2.07. The number of nitrogens with one attached hydrogen (secondary N) is 2. The first-order valence-electron chi connectivity index (χ1n) is 6.41. The van der Waals surface area contributed by atoms with Crippen molar-refractivity contribution in [2.45, 2.75) is 19.8 Å². The summed E-state index contributed by atoms with van der Waals surface area (Å²) < 4.78 is 5.15. The molecule has 1 aromatic heterocycles. The number of urea groups is 1. The smallest absolute Gasteiger partial charge is 0.319 e. The number of aliphatic carboxylic acids is 1. The molecular formula is C13H19N3O4. The first-order valence-corrected chi connectivity index (χ1v) is 6.41. The summed E-state index contributed by atoms with van der Waals surface area (Å²) in [5.74, 6) is -0.940. The maximum absolute atomic E-state index is 11.5. The van der Waals surface area contributed by atoms with E-state index in [0.29, 0.717) is 31.1 Å². The highest BCUT2D eigenvalue weighted by Gasteiger charge is 2.04. The number of carbonyl (C=O) groups excluding carboxylic acids is 1. The fourth-order valence-electron chi connectivity index (χ4n) is 1.45. The van der Waals surface area contributed by atoms with Gasteiger partial charge < -0.3 is 20.5 Å². The number of nitrogens with zero attached hydrogens (tertiary/aromatic N) is 1. The normalized spacial score (nSPS) is 10.1. The number of anilines is 1. The number of carbonyl (C=O) groups is 2. The van der Waals surface area contributed by atoms with Crippen molar-refractivity contribution in [2.24, 2.45) is 0 Å². The summed E-state index contributed by atoms with van der Waals surface area (Å²) in [6, 6.07) is 2.86. The molecule has 2 amide bonds. The van der Waals surface area contributed by atoms with Crippen LogP contribution >= 0.6 is 0 Å². The minimum atomic E-state index is -0.940. The molecule has 7 nitrogen and oxygen atoms in total. The Bertz CT molecular complexity index is 434. The monoisotopic (exact) mass is 281 g/mol. The lowest BCUT2D eigenvalue weighted by Crippen LogP contribution is -2.30. The van der Waals surface area contributed by atoms with Crippen molar-refractivity contribution in [1.29, 1.82) is 0 Å². The van der Waals surface area contributed by atoms with E-state index in [1.54, 1.807) is 12.1 Å². The summed E-state index contributed by atoms with van der Waals surface area (Å²) in [4.78, 5) is 26.0. The zero-order valence-corrected chi connectivity index (χ0v) is 11.4. The maximum atomic E-state index is 11.5. The molecule has 1 heterocycles. The second-order valence-corrected chi connectivity index (χ2v) is 4.04. The van der Waals surface area contributed by atoms with E-state index in [1.807, 2.05) is 6.92 Å². The van der Waals surface area contributed by atoms with E-state index in [9.17, 15) is 9.59 Å². The van der Waals surface area contributed by atoms with E-state index >= 15 is 0 Å². The number of pyridine rings is 1. The largest absolute Gasteiger partial charge is 0.481 e. The number of hydrogen-bond acceptors (Lipinski definition) is 4. The van der Waals surface area contributed by atoms with Gasteiger partial charge in [0.1, 0.15) is 0 Å². The third-order valence-corrected chi connectivity index (χ3v) is 2.37. The van der Waals surface area contributed by atoms with Crippen LogP contribution in [-0.2, 0) is 16.0 Å². The van der Waals surface area contributed by atoms with Crippen LogP contribution in [0.15, 0.2) is 18.3 Å². The molecule has 0 aliphatic rings. The predicted octanol–water partition coefficient (Wildman–Crippen LogP) is 1.26. The Labute approximate surface area is 117 Å². The van der Waals surface area contributed by atoms with Crippen LogP contribution in [0.4, 0.5) is 10.5 Å². The summed E-state index contributed by atoms with van der Waals surface area (Å²) in [5.41, 5.74) is 0.960. The topological polar surface area (TPSA) is 101 Å². The average Bonchev–Trinajstić information content (AvgIpc) is 2.40. The summed E-state index contributed by atoms with van der Waals surface area (Å²) in [7, 11) is 0. The Balaban J connectivity index is 2.29. The Morgan fingerprint density at radius 3 is 2.80 bits per heavy atom. The predicted molar refractivity (Wildman–Crippen MR) is 73.7 cm³/mol. The number of rotatable bonds is 8. The van der Waals surface area contributed by atoms with Crippen molar-refractivity contribution in [1.82, 2.24) is 10.3 Å². The van der Waals surface area contributed by atoms with Crippen LogP contribution in [0.2, 0.25) is 0 Å². The van der Waals surface area contributed by atoms with Crippen LogP contribution in [0.1, 0.15) is 19.0 Å². The second-order valence-electron chi connectivity index (χ2n) is 4.04. The fraction of sp³-hybridized carbons (Fsp3) is 0.462. The van der Waals surface area contributed by atoms with Gasteiger partial charge in [-0.2, -0.15) is 0 Å². The molecule has 0 aliphatic heterocycles. The molecule has 0 fully saturated rings. The number of aromatic nitrogens is 1. The molecule has 0 atom stereocenters. The van der Waals surface area contributed by atoms with E-state index in [1.165, 1.54) is 6.20 Å². The lowest BCUT2D eigenvalue weighted by molar-refractivity contribution is -0.136. The summed E-state index contributed by atoms with van der Waals surface area (Å²) in [6.45, 7) is 3.72. The highest BCUT2D eigenvalue weighted by molar-refractivity contribution is 5.88. The molecular weight excluding hydrogens is 262 g/mol. The minimum Gasteiger partial charge on any atom is -0.481 e. The molecule has 0 saturated carbocycles. The van der Waals surface area contributed by atoms with E-state index in [-0.39, 0.29) is 12.5 Å². The van der Waals surface area contributed by atoms with Gasteiger partial charge in [-0.25, -0.2) is 4.79 Å². The van der Waals surface area contributed by atoms with Gasteiger partial charge >= 0.3 is 12.0 Å². The Hall–Kier alpha value is -2.15. The van der Waals surface area contributed by atoms with E-state index in [4.69, 9.17) is 9.84 Å². The Morgan fingerprint density at radius 2 is 2.20 bits per heavy atom. The molecule has 110 valence electrons. The minimum absolute atomic E-state index is 0.135. The first-order chi connectivity index (χ1) is 9.61. The first kappa shape index (κ1) is 15.9. The van der Waals surface area contributed by atoms with Gasteiger partial charge in [0.05, 0.1) is 24.0 Å². The van der Waals surface area contributed by atoms with Crippen molar-refractivity contribution in [2.75, 3.05) is 25.1 Å². The molecule has 0 bridgehead atoms. The van der Waals surface area contributed by atoms with E-state index < -0.39 is 5.97 Å². The van der Waals surface area contributed by atoms with Gasteiger partial charge in [0.2, 0.25) is 0 Å². The lowest BCUT2D eigenvalue weighted by atomic mass is 10.2. The van der Waals surface area contributed by atoms with Gasteiger partial charge in [0.15, 0.2) is 0 Å². The van der Waals surface area contributed by atoms with Gasteiger partial charge in [-0.15, -0.1) is 0 Å². The molecule has 7 heteroatoms. The SMILES string of the molecule is CCOCCCNC(=O)Nc1ccc(CC(=O)O)nc1. The quantitative estimate of drug-likeness (QED) is 0.623. The molecule has 1 rings (SSSR count). The molecule has 0 saturated heterocycles. The molecule has 3 N–H and O–H groups in total. The summed E-state index contributed by atoms with van der Waals surface area (Å²) in [5, 5.41) is 13.9. The molecule has 0 aromatic carbocycles. The Morgan fingerprint density at radius 1 is 1.40 bits per heavy atom. The number of ether oxygens (including phenoxy) is 1. The van der Waals surface area contributed by atoms with Crippen molar-refractivity contribution < 1.29 is 19.4 Å². The van der Waals surface area contributed by atoms with E-state index in [2.05, 4.69) is 15.6 Å². The van der Waals surface area contributed by atoms with Crippen LogP contribution in [0.25, 0.3) is 0 Å². The van der Waals surface area contributed by atoms with Crippen molar-refractivity contribution in [3.8, 4) is 0 Å². The van der Waals surface area contributed by atoms with Crippen LogP contribution in [-0.4, -0.2) is 41.8 Å². The average molecular weight is 281 g/mol. The van der Waals surface area contributed by atoms with Crippen LogP contribution < -0.4 is 10.6 Å². The van der Waals surface area contributed by atoms with Crippen molar-refractivity contribution >= 4 is 17.7 Å². The van der Waals surface area contributed by atoms with Gasteiger partial charge in [0.25, 0.3) is 0 Å². The highest BCUT2D eigenvalue weighted by atomic mass is 16.5.